The molecule has 4 heterocycles. The smallest absolute Gasteiger partial charge is 0.259 e. The first-order valence-corrected chi connectivity index (χ1v) is 9.98. The van der Waals surface area contributed by atoms with Crippen LogP contribution in [0.1, 0.15) is 67.2 Å². The van der Waals surface area contributed by atoms with Gasteiger partial charge in [-0.25, -0.2) is 4.52 Å². The number of H-pyrrole nitrogens is 1. The lowest BCUT2D eigenvalue weighted by atomic mass is 9.84. The number of carbonyl (C=O) groups is 1. The van der Waals surface area contributed by atoms with Gasteiger partial charge in [0.1, 0.15) is 11.2 Å². The predicted octanol–water partition coefficient (Wildman–Crippen LogP) is 2.48. The first kappa shape index (κ1) is 20.9. The van der Waals surface area contributed by atoms with Crippen LogP contribution in [-0.2, 0) is 0 Å². The number of nitrogens with one attached hydrogen (secondary N) is 2. The van der Waals surface area contributed by atoms with Gasteiger partial charge in [-0.1, -0.05) is 13.8 Å². The number of rotatable bonds is 2. The molecule has 2 aromatic rings. The van der Waals surface area contributed by atoms with Crippen molar-refractivity contribution in [3.05, 3.63) is 33.4 Å². The number of fused-ring (bicyclic) bond motifs is 1. The lowest BCUT2D eigenvalue weighted by molar-refractivity contribution is 0.0584. The molecule has 0 spiro atoms. The highest BCUT2D eigenvalue weighted by Crippen LogP contribution is 2.31. The van der Waals surface area contributed by atoms with Gasteiger partial charge in [-0.2, -0.15) is 5.10 Å². The van der Waals surface area contributed by atoms with Gasteiger partial charge in [-0.05, 0) is 51.1 Å². The Labute approximate surface area is 171 Å². The number of hydrogen-bond donors (Lipinski definition) is 2. The van der Waals surface area contributed by atoms with Crippen molar-refractivity contribution in [2.75, 3.05) is 26.2 Å². The van der Waals surface area contributed by atoms with Crippen LogP contribution in [0.25, 0.3) is 5.65 Å². The van der Waals surface area contributed by atoms with Crippen LogP contribution in [0, 0.1) is 12.3 Å². The van der Waals surface area contributed by atoms with E-state index < -0.39 is 0 Å². The van der Waals surface area contributed by atoms with Gasteiger partial charge < -0.3 is 15.2 Å². The minimum atomic E-state index is -0.163. The average molecular weight is 408 g/mol. The molecule has 2 aliphatic heterocycles. The highest BCUT2D eigenvalue weighted by atomic mass is 35.5. The fraction of sp³-hybridized carbons (Fsp3) is 0.650. The Balaban J connectivity index is 0.00000225. The lowest BCUT2D eigenvalue weighted by Crippen LogP contribution is -2.43. The zero-order valence-corrected chi connectivity index (χ0v) is 17.7. The first-order valence-electron chi connectivity index (χ1n) is 9.98. The summed E-state index contributed by atoms with van der Waals surface area (Å²) in [6.45, 7) is 9.64. The summed E-state index contributed by atoms with van der Waals surface area (Å²) in [5, 5.41) is 8.02. The third kappa shape index (κ3) is 3.82. The Morgan fingerprint density at radius 1 is 1.29 bits per heavy atom. The molecule has 4 rings (SSSR count). The maximum absolute atomic E-state index is 13.3. The molecular formula is C20H30ClN5O2. The highest BCUT2D eigenvalue weighted by Gasteiger charge is 2.32. The van der Waals surface area contributed by atoms with Crippen molar-refractivity contribution >= 4 is 24.0 Å². The van der Waals surface area contributed by atoms with Crippen molar-refractivity contribution < 1.29 is 4.79 Å². The molecule has 8 heteroatoms. The number of halogens is 1. The number of carbonyl (C=O) groups excluding carboxylic acids is 1. The molecular weight excluding hydrogens is 378 g/mol. The number of aromatic amines is 1. The molecule has 2 saturated heterocycles. The first-order chi connectivity index (χ1) is 12.9. The summed E-state index contributed by atoms with van der Waals surface area (Å²) < 4.78 is 1.80. The fourth-order valence-corrected chi connectivity index (χ4v) is 4.60. The number of nitrogens with zero attached hydrogens (tertiary/aromatic N) is 3. The van der Waals surface area contributed by atoms with Crippen molar-refractivity contribution in [1.82, 2.24) is 24.8 Å². The van der Waals surface area contributed by atoms with E-state index >= 15 is 0 Å². The third-order valence-corrected chi connectivity index (χ3v) is 5.98. The maximum atomic E-state index is 13.3. The van der Waals surface area contributed by atoms with Crippen LogP contribution in [-0.4, -0.2) is 51.6 Å². The number of aromatic nitrogens is 3. The number of likely N-dealkylation sites (tertiary alicyclic amines) is 1. The van der Waals surface area contributed by atoms with Crippen LogP contribution in [0.2, 0.25) is 0 Å². The van der Waals surface area contributed by atoms with Crippen molar-refractivity contribution in [2.45, 2.75) is 52.4 Å². The van der Waals surface area contributed by atoms with Gasteiger partial charge in [0.25, 0.3) is 11.5 Å². The maximum Gasteiger partial charge on any atom is 0.259 e. The van der Waals surface area contributed by atoms with Crippen LogP contribution >= 0.6 is 12.4 Å². The van der Waals surface area contributed by atoms with E-state index in [0.717, 1.165) is 57.6 Å². The summed E-state index contributed by atoms with van der Waals surface area (Å²) in [5.41, 5.74) is 2.64. The van der Waals surface area contributed by atoms with Gasteiger partial charge in [0.05, 0.1) is 11.4 Å². The molecule has 154 valence electrons. The van der Waals surface area contributed by atoms with Gasteiger partial charge in [0, 0.05) is 25.1 Å². The monoisotopic (exact) mass is 407 g/mol. The van der Waals surface area contributed by atoms with Crippen LogP contribution in [0.3, 0.4) is 0 Å². The molecule has 0 aromatic carbocycles. The average Bonchev–Trinajstić information content (AvgIpc) is 2.96. The Morgan fingerprint density at radius 3 is 2.68 bits per heavy atom. The Morgan fingerprint density at radius 2 is 2.00 bits per heavy atom. The largest absolute Gasteiger partial charge is 0.338 e. The van der Waals surface area contributed by atoms with Crippen molar-refractivity contribution in [3.63, 3.8) is 0 Å². The molecule has 0 saturated carbocycles. The number of piperidine rings is 2. The Bertz CT molecular complexity index is 927. The molecule has 2 aromatic heterocycles. The van der Waals surface area contributed by atoms with Gasteiger partial charge in [-0.15, -0.1) is 12.4 Å². The van der Waals surface area contributed by atoms with E-state index in [0.29, 0.717) is 16.9 Å². The summed E-state index contributed by atoms with van der Waals surface area (Å²) in [7, 11) is 0. The van der Waals surface area contributed by atoms with E-state index in [1.807, 2.05) is 11.8 Å². The molecule has 0 bridgehead atoms. The summed E-state index contributed by atoms with van der Waals surface area (Å²) in [4.78, 5) is 30.5. The van der Waals surface area contributed by atoms with E-state index in [9.17, 15) is 9.59 Å². The topological polar surface area (TPSA) is 82.5 Å². The van der Waals surface area contributed by atoms with Crippen LogP contribution in [0.15, 0.2) is 10.9 Å². The quantitative estimate of drug-likeness (QED) is 0.801. The van der Waals surface area contributed by atoms with E-state index in [1.54, 1.807) is 10.6 Å². The highest BCUT2D eigenvalue weighted by molar-refractivity contribution is 6.01. The molecule has 1 amide bonds. The van der Waals surface area contributed by atoms with Gasteiger partial charge >= 0.3 is 0 Å². The van der Waals surface area contributed by atoms with Crippen molar-refractivity contribution in [2.24, 2.45) is 5.41 Å². The van der Waals surface area contributed by atoms with Crippen LogP contribution in [0.4, 0.5) is 0 Å². The van der Waals surface area contributed by atoms with E-state index in [2.05, 4.69) is 29.2 Å². The fourth-order valence-electron chi connectivity index (χ4n) is 4.60. The molecule has 28 heavy (non-hydrogen) atoms. The molecule has 7 nitrogen and oxygen atoms in total. The molecule has 2 N–H and O–H groups in total. The molecule has 0 aliphatic carbocycles. The zero-order valence-electron chi connectivity index (χ0n) is 16.9. The summed E-state index contributed by atoms with van der Waals surface area (Å²) >= 11 is 0. The van der Waals surface area contributed by atoms with Crippen LogP contribution in [0.5, 0.6) is 0 Å². The lowest BCUT2D eigenvalue weighted by Gasteiger charge is -2.38. The van der Waals surface area contributed by atoms with Gasteiger partial charge in [0.15, 0.2) is 0 Å². The molecule has 2 fully saturated rings. The zero-order chi connectivity index (χ0) is 19.2. The normalized spacial score (nSPS) is 20.2. The minimum Gasteiger partial charge on any atom is -0.338 e. The molecule has 0 unspecified atom stereocenters. The number of aryl methyl sites for hydroxylation is 1. The second-order valence-electron chi connectivity index (χ2n) is 8.80. The second kappa shape index (κ2) is 7.87. The summed E-state index contributed by atoms with van der Waals surface area (Å²) in [5.74, 6) is 0.264. The predicted molar refractivity (Wildman–Crippen MR) is 112 cm³/mol. The summed E-state index contributed by atoms with van der Waals surface area (Å²) in [6.07, 6.45) is 4.08. The second-order valence-corrected chi connectivity index (χ2v) is 8.80. The summed E-state index contributed by atoms with van der Waals surface area (Å²) in [6, 6.07) is 1.65. The van der Waals surface area contributed by atoms with Crippen LogP contribution < -0.4 is 10.9 Å². The van der Waals surface area contributed by atoms with Crippen molar-refractivity contribution in [3.8, 4) is 0 Å². The molecule has 2 aliphatic rings. The molecule has 0 radical (unpaired) electrons. The Hall–Kier alpha value is -1.86. The number of amides is 1. The third-order valence-electron chi connectivity index (χ3n) is 5.98. The van der Waals surface area contributed by atoms with Gasteiger partial charge in [-0.3, -0.25) is 9.59 Å². The standard InChI is InChI=1S/C20H29N5O2.ClH/c1-13-17(19(27)24-10-4-7-20(2,3)12-24)18-22-16(26)11-15(25(18)23-13)14-5-8-21-9-6-14;/h11,14,21H,4-10,12H2,1-3H3,(H,22,26);1H. The van der Waals surface area contributed by atoms with E-state index in [-0.39, 0.29) is 35.2 Å². The molecule has 0 atom stereocenters. The SMILES string of the molecule is Cc1nn2c(C3CCNCC3)cc(=O)[nH]c2c1C(=O)N1CCCC(C)(C)C1.Cl. The Kier molecular flexibility index (Phi) is 5.87. The number of hydrogen-bond acceptors (Lipinski definition) is 4. The van der Waals surface area contributed by atoms with E-state index in [1.165, 1.54) is 0 Å². The van der Waals surface area contributed by atoms with E-state index in [4.69, 9.17) is 0 Å². The van der Waals surface area contributed by atoms with Crippen molar-refractivity contribution in [1.29, 1.82) is 0 Å². The van der Waals surface area contributed by atoms with Gasteiger partial charge in [0.2, 0.25) is 0 Å². The minimum absolute atomic E-state index is 0.